The summed E-state index contributed by atoms with van der Waals surface area (Å²) in [6.07, 6.45) is 0. The molecule has 0 saturated heterocycles. The van der Waals surface area contributed by atoms with Crippen LogP contribution in [-0.4, -0.2) is 82.0 Å². The monoisotopic (exact) mass is 530 g/mol. The van der Waals surface area contributed by atoms with Crippen LogP contribution in [0.5, 0.6) is 0 Å². The van der Waals surface area contributed by atoms with Gasteiger partial charge in [0.2, 0.25) is 0 Å². The summed E-state index contributed by atoms with van der Waals surface area (Å²) < 4.78 is -3.38. The zero-order chi connectivity index (χ0) is 17.8. The molecule has 23 heavy (non-hydrogen) atoms. The van der Waals surface area contributed by atoms with Gasteiger partial charge in [-0.15, -0.1) is 0 Å². The molecule has 0 radical (unpaired) electrons. The molecular formula is C15H24In2O6. The van der Waals surface area contributed by atoms with E-state index in [1.807, 2.05) is 0 Å². The van der Waals surface area contributed by atoms with Crippen molar-refractivity contribution in [1.29, 1.82) is 0 Å². The molecule has 0 aliphatic rings. The van der Waals surface area contributed by atoms with E-state index in [1.165, 1.54) is 41.5 Å². The van der Waals surface area contributed by atoms with Gasteiger partial charge in [0, 0.05) is 0 Å². The third kappa shape index (κ3) is 6.64. The first-order valence-electron chi connectivity index (χ1n) is 6.96. The second-order valence-corrected chi connectivity index (χ2v) is 14.7. The van der Waals surface area contributed by atoms with Crippen molar-refractivity contribution in [3.8, 4) is 0 Å². The van der Waals surface area contributed by atoms with Crippen LogP contribution >= 0.6 is 0 Å². The van der Waals surface area contributed by atoms with Crippen molar-refractivity contribution in [3.63, 3.8) is 0 Å². The summed E-state index contributed by atoms with van der Waals surface area (Å²) in [5.41, 5.74) is 0. The van der Waals surface area contributed by atoms with Crippen molar-refractivity contribution >= 4 is 82.0 Å². The number of hydrogen-bond donors (Lipinski definition) is 0. The Morgan fingerprint density at radius 1 is 0.478 bits per heavy atom. The Labute approximate surface area is 162 Å². The van der Waals surface area contributed by atoms with E-state index in [-0.39, 0.29) is 25.8 Å². The van der Waals surface area contributed by atoms with Gasteiger partial charge in [-0.3, -0.25) is 0 Å². The number of carbonyl (C=O) groups is 6. The second kappa shape index (κ2) is 10.6. The quantitative estimate of drug-likeness (QED) is 0.388. The summed E-state index contributed by atoms with van der Waals surface area (Å²) in [6.45, 7) is 7.19. The third-order valence-electron chi connectivity index (χ3n) is 3.78. The molecule has 0 unspecified atom stereocenters. The van der Waals surface area contributed by atoms with Gasteiger partial charge in [0.15, 0.2) is 0 Å². The van der Waals surface area contributed by atoms with Crippen LogP contribution in [0.4, 0.5) is 0 Å². The van der Waals surface area contributed by atoms with Gasteiger partial charge >= 0.3 is 163 Å². The summed E-state index contributed by atoms with van der Waals surface area (Å²) in [5.74, 6) is -2.87. The van der Waals surface area contributed by atoms with Crippen LogP contribution in [0.15, 0.2) is 0 Å². The normalized spacial score (nSPS) is 10.3. The second-order valence-electron chi connectivity index (χ2n) is 5.67. The van der Waals surface area contributed by atoms with Gasteiger partial charge in [0.05, 0.1) is 0 Å². The number of ketones is 6. The minimum atomic E-state index is -3.92. The van der Waals surface area contributed by atoms with Gasteiger partial charge in [0.1, 0.15) is 0 Å². The van der Waals surface area contributed by atoms with Gasteiger partial charge in [-0.2, -0.15) is 0 Å². The average molecular weight is 530 g/mol. The summed E-state index contributed by atoms with van der Waals surface area (Å²) in [5, 5.41) is 0. The number of carbonyl (C=O) groups excluding carboxylic acids is 6. The molecule has 0 N–H and O–H groups in total. The molecule has 0 aromatic heterocycles. The molecule has 0 amide bonds. The van der Waals surface area contributed by atoms with E-state index in [4.69, 9.17) is 0 Å². The molecule has 0 atom stereocenters. The Kier molecular flexibility index (Phi) is 11.5. The predicted octanol–water partition coefficient (Wildman–Crippen LogP) is -0.0581. The van der Waals surface area contributed by atoms with Crippen molar-refractivity contribution in [2.45, 2.75) is 52.6 Å². The standard InChI is InChI=1S/3C5H7O2.2In.3H/c3*1-4(6)3-5(2)7;;;;;/h3*3H,1-2H3;;;;;. The van der Waals surface area contributed by atoms with E-state index in [9.17, 15) is 28.8 Å². The van der Waals surface area contributed by atoms with Gasteiger partial charge in [-0.1, -0.05) is 0 Å². The first-order chi connectivity index (χ1) is 9.93. The SMILES string of the molecule is CC(=O)[CH](C(C)=O)[In]([CH](C(C)=O)C(C)=O)[CH](C(C)=O)C(C)=O.[InH3]. The Morgan fingerprint density at radius 3 is 0.696 bits per heavy atom. The van der Waals surface area contributed by atoms with Crippen molar-refractivity contribution in [3.05, 3.63) is 0 Å². The molecular weight excluding hydrogens is 506 g/mol. The molecule has 6 nitrogen and oxygen atoms in total. The van der Waals surface area contributed by atoms with Crippen molar-refractivity contribution in [1.82, 2.24) is 0 Å². The fraction of sp³-hybridized carbons (Fsp3) is 0.600. The van der Waals surface area contributed by atoms with Gasteiger partial charge in [0.25, 0.3) is 0 Å². The molecule has 0 aliphatic carbocycles. The number of hydrogen-bond acceptors (Lipinski definition) is 6. The topological polar surface area (TPSA) is 102 Å². The first kappa shape index (κ1) is 25.0. The predicted molar refractivity (Wildman–Crippen MR) is 91.0 cm³/mol. The van der Waals surface area contributed by atoms with Crippen LogP contribution in [0.3, 0.4) is 0 Å². The van der Waals surface area contributed by atoms with Crippen LogP contribution in [0.2, 0.25) is 11.0 Å². The molecule has 0 aromatic carbocycles. The van der Waals surface area contributed by atoms with Crippen LogP contribution in [0, 0.1) is 0 Å². The van der Waals surface area contributed by atoms with Gasteiger partial charge < -0.3 is 0 Å². The molecule has 0 fully saturated rings. The molecule has 0 aromatic rings. The fourth-order valence-corrected chi connectivity index (χ4v) is 15.6. The number of Topliss-reactive ketones (excluding diaryl/α,β-unsaturated/α-hetero) is 6. The summed E-state index contributed by atoms with van der Waals surface area (Å²) in [7, 11) is 0. The zero-order valence-electron chi connectivity index (χ0n) is 13.8. The Hall–Kier alpha value is -0.240. The Bertz CT molecular complexity index is 422. The number of rotatable bonds is 9. The van der Waals surface area contributed by atoms with E-state index in [1.54, 1.807) is 0 Å². The molecule has 0 aliphatic heterocycles. The maximum absolute atomic E-state index is 11.9. The summed E-state index contributed by atoms with van der Waals surface area (Å²) in [4.78, 5) is 71.5. The summed E-state index contributed by atoms with van der Waals surface area (Å²) in [6, 6.07) is 0. The van der Waals surface area contributed by atoms with Crippen molar-refractivity contribution < 1.29 is 28.8 Å². The van der Waals surface area contributed by atoms with E-state index in [0.717, 1.165) is 0 Å². The zero-order valence-corrected chi connectivity index (χ0v) is 17.1. The molecule has 8 heteroatoms. The van der Waals surface area contributed by atoms with E-state index < -0.39 is 67.2 Å². The molecule has 126 valence electrons. The van der Waals surface area contributed by atoms with Gasteiger partial charge in [-0.25, -0.2) is 0 Å². The van der Waals surface area contributed by atoms with Crippen molar-refractivity contribution in [2.24, 2.45) is 0 Å². The van der Waals surface area contributed by atoms with Crippen LogP contribution in [0.1, 0.15) is 41.5 Å². The van der Waals surface area contributed by atoms with Crippen LogP contribution in [0.25, 0.3) is 0 Å². The van der Waals surface area contributed by atoms with Gasteiger partial charge in [-0.05, 0) is 0 Å². The fourth-order valence-electron chi connectivity index (χ4n) is 3.06. The van der Waals surface area contributed by atoms with E-state index in [2.05, 4.69) is 0 Å². The first-order valence-corrected chi connectivity index (χ1v) is 12.7. The van der Waals surface area contributed by atoms with E-state index in [0.29, 0.717) is 0 Å². The maximum atomic E-state index is 11.9. The molecule has 0 heterocycles. The van der Waals surface area contributed by atoms with Crippen LogP contribution < -0.4 is 0 Å². The molecule has 0 spiro atoms. The summed E-state index contributed by atoms with van der Waals surface area (Å²) >= 11 is -3.92. The van der Waals surface area contributed by atoms with E-state index >= 15 is 0 Å². The van der Waals surface area contributed by atoms with Crippen LogP contribution in [-0.2, 0) is 28.8 Å². The van der Waals surface area contributed by atoms with Crippen molar-refractivity contribution in [2.75, 3.05) is 0 Å². The Morgan fingerprint density at radius 2 is 0.609 bits per heavy atom. The molecule has 0 saturated carbocycles. The molecule has 0 bridgehead atoms. The third-order valence-corrected chi connectivity index (χ3v) is 18.4. The minimum absolute atomic E-state index is 0. The average Bonchev–Trinajstić information content (AvgIpc) is 2.24. The Balaban J connectivity index is 0. The molecule has 0 rings (SSSR count).